The smallest absolute Gasteiger partial charge is 0.686 e. The quantitative estimate of drug-likeness (QED) is 0.606. The van der Waals surface area contributed by atoms with Crippen molar-refractivity contribution in [1.29, 1.82) is 0 Å². The molecule has 0 bridgehead atoms. The van der Waals surface area contributed by atoms with E-state index in [0.29, 0.717) is 13.2 Å². The van der Waals surface area contributed by atoms with E-state index in [9.17, 15) is 0 Å². The van der Waals surface area contributed by atoms with Gasteiger partial charge in [0.05, 0.1) is 18.4 Å². The maximum Gasteiger partial charge on any atom is 1.00 e. The third-order valence-corrected chi connectivity index (χ3v) is 3.92. The molecule has 0 atom stereocenters. The second-order valence-corrected chi connectivity index (χ2v) is 5.45. The molecule has 0 aliphatic rings. The van der Waals surface area contributed by atoms with Crippen LogP contribution in [0, 0.1) is 13.8 Å². The van der Waals surface area contributed by atoms with E-state index < -0.39 is 0 Å². The predicted molar refractivity (Wildman–Crippen MR) is 93.6 cm³/mol. The summed E-state index contributed by atoms with van der Waals surface area (Å²) in [6.07, 6.45) is 7.22. The molecule has 0 N–H and O–H groups in total. The molecule has 0 unspecified atom stereocenters. The Morgan fingerprint density at radius 1 is 1.16 bits per heavy atom. The Labute approximate surface area is 190 Å². The van der Waals surface area contributed by atoms with Gasteiger partial charge in [-0.05, 0) is 37.6 Å². The molecule has 0 radical (unpaired) electrons. The minimum absolute atomic E-state index is 0. The van der Waals surface area contributed by atoms with Crippen molar-refractivity contribution in [3.63, 3.8) is 0 Å². The molecule has 3 heterocycles. The zero-order valence-electron chi connectivity index (χ0n) is 15.1. The third kappa shape index (κ3) is 4.89. The zero-order chi connectivity index (χ0) is 16.9. The average molecular weight is 361 g/mol. The van der Waals surface area contributed by atoms with E-state index in [2.05, 4.69) is 20.4 Å². The molecule has 3 aromatic rings. The summed E-state index contributed by atoms with van der Waals surface area (Å²) in [6.45, 7) is 5.26. The van der Waals surface area contributed by atoms with Crippen LogP contribution in [0.5, 0.6) is 5.75 Å². The molecule has 0 aliphatic heterocycles. The van der Waals surface area contributed by atoms with Crippen molar-refractivity contribution >= 4 is 5.69 Å². The van der Waals surface area contributed by atoms with Crippen LogP contribution in [0.4, 0.5) is 5.69 Å². The molecule has 0 saturated heterocycles. The molecular weight excluding hydrogens is 341 g/mol. The van der Waals surface area contributed by atoms with Gasteiger partial charge in [0.15, 0.2) is 0 Å². The fourth-order valence-electron chi connectivity index (χ4n) is 2.48. The molecule has 0 saturated carbocycles. The van der Waals surface area contributed by atoms with Crippen molar-refractivity contribution in [2.45, 2.75) is 20.4 Å². The number of hydrogen-bond donors (Lipinski definition) is 0. The van der Waals surface area contributed by atoms with Gasteiger partial charge in [-0.3, -0.25) is 14.6 Å². The average Bonchev–Trinajstić information content (AvgIpc) is 3.11. The molecular formula is C18H20KN5O. The fraction of sp³-hybridized carbons (Fsp3) is 0.278. The van der Waals surface area contributed by atoms with Gasteiger partial charge in [0.25, 0.3) is 0 Å². The van der Waals surface area contributed by atoms with Crippen LogP contribution in [0.25, 0.3) is 16.6 Å². The van der Waals surface area contributed by atoms with E-state index >= 15 is 0 Å². The number of hydrogen-bond acceptors (Lipinski definition) is 4. The van der Waals surface area contributed by atoms with Gasteiger partial charge in [-0.25, -0.2) is 0 Å². The van der Waals surface area contributed by atoms with Crippen molar-refractivity contribution in [3.05, 3.63) is 59.6 Å². The zero-order valence-corrected chi connectivity index (χ0v) is 18.2. The molecule has 0 fully saturated rings. The number of ether oxygens (including phenoxy) is 1. The molecule has 0 spiro atoms. The molecule has 0 aliphatic carbocycles. The van der Waals surface area contributed by atoms with E-state index in [1.165, 1.54) is 0 Å². The Kier molecular flexibility index (Phi) is 7.58. The van der Waals surface area contributed by atoms with Gasteiger partial charge >= 0.3 is 51.4 Å². The first-order valence-corrected chi connectivity index (χ1v) is 7.81. The van der Waals surface area contributed by atoms with Gasteiger partial charge in [-0.2, -0.15) is 5.10 Å². The van der Waals surface area contributed by atoms with E-state index in [1.807, 2.05) is 49.1 Å². The van der Waals surface area contributed by atoms with Gasteiger partial charge < -0.3 is 10.1 Å². The number of rotatable bonds is 6. The van der Waals surface area contributed by atoms with Crippen LogP contribution in [-0.2, 0) is 6.54 Å². The molecule has 6 nitrogen and oxygen atoms in total. The van der Waals surface area contributed by atoms with Gasteiger partial charge in [-0.15, -0.1) is 12.7 Å². The van der Waals surface area contributed by atoms with E-state index in [-0.39, 0.29) is 51.4 Å². The third-order valence-electron chi connectivity index (χ3n) is 3.92. The van der Waals surface area contributed by atoms with Crippen molar-refractivity contribution in [1.82, 2.24) is 19.7 Å². The van der Waals surface area contributed by atoms with Crippen LogP contribution in [0.1, 0.15) is 11.3 Å². The van der Waals surface area contributed by atoms with Gasteiger partial charge in [-0.1, -0.05) is 0 Å². The Morgan fingerprint density at radius 2 is 2.00 bits per heavy atom. The summed E-state index contributed by atoms with van der Waals surface area (Å²) in [6, 6.07) is 5.74. The van der Waals surface area contributed by atoms with Gasteiger partial charge in [0.2, 0.25) is 0 Å². The Bertz CT molecular complexity index is 803. The predicted octanol–water partition coefficient (Wildman–Crippen LogP) is 0.675. The first-order chi connectivity index (χ1) is 11.7. The second-order valence-electron chi connectivity index (χ2n) is 5.45. The summed E-state index contributed by atoms with van der Waals surface area (Å²) < 4.78 is 7.54. The number of nitrogens with zero attached hydrogens (tertiary/aromatic N) is 5. The van der Waals surface area contributed by atoms with Crippen molar-refractivity contribution in [3.8, 4) is 17.0 Å². The van der Waals surface area contributed by atoms with Gasteiger partial charge in [0, 0.05) is 29.8 Å². The fourth-order valence-corrected chi connectivity index (χ4v) is 2.48. The van der Waals surface area contributed by atoms with Crippen LogP contribution >= 0.6 is 0 Å². The summed E-state index contributed by atoms with van der Waals surface area (Å²) in [5, 5.41) is 8.53. The summed E-state index contributed by atoms with van der Waals surface area (Å²) in [4.78, 5) is 8.92. The second kappa shape index (κ2) is 9.45. The van der Waals surface area contributed by atoms with Crippen LogP contribution in [0.2, 0.25) is 0 Å². The Morgan fingerprint density at radius 3 is 2.64 bits per heavy atom. The summed E-state index contributed by atoms with van der Waals surface area (Å²) >= 11 is 0. The largest absolute Gasteiger partial charge is 1.00 e. The van der Waals surface area contributed by atoms with Crippen molar-refractivity contribution in [2.24, 2.45) is 0 Å². The van der Waals surface area contributed by atoms with Crippen LogP contribution in [-0.4, -0.2) is 33.4 Å². The number of aryl methyl sites for hydroxylation is 1. The van der Waals surface area contributed by atoms with E-state index in [1.54, 1.807) is 19.4 Å². The molecule has 124 valence electrons. The molecule has 3 aromatic heterocycles. The molecule has 3 rings (SSSR count). The standard InChI is InChI=1S/C18H20N5O.K/c1-13-14(2)20-12-16(18(13)19-3)17-6-5-15(11-21-17)24-10-9-23-8-4-7-22-23;/h4-8,11-12H,9-10H2,1-3H3;/q-1;+1. The van der Waals surface area contributed by atoms with Crippen LogP contribution in [0.15, 0.2) is 43.0 Å². The summed E-state index contributed by atoms with van der Waals surface area (Å²) in [5.74, 6) is 0.734. The first kappa shape index (κ1) is 20.1. The topological polar surface area (TPSA) is 66.9 Å². The maximum atomic E-state index is 5.71. The molecule has 0 aromatic carbocycles. The van der Waals surface area contributed by atoms with Crippen LogP contribution in [0.3, 0.4) is 0 Å². The minimum atomic E-state index is 0. The Balaban J connectivity index is 0.00000225. The monoisotopic (exact) mass is 361 g/mol. The number of pyridine rings is 2. The van der Waals surface area contributed by atoms with Crippen LogP contribution < -0.4 is 56.1 Å². The molecule has 7 heteroatoms. The minimum Gasteiger partial charge on any atom is -0.686 e. The summed E-state index contributed by atoms with van der Waals surface area (Å²) in [7, 11) is 1.79. The van der Waals surface area contributed by atoms with Gasteiger partial charge in [0.1, 0.15) is 12.4 Å². The van der Waals surface area contributed by atoms with Crippen molar-refractivity contribution in [2.75, 3.05) is 13.7 Å². The van der Waals surface area contributed by atoms with Crippen molar-refractivity contribution < 1.29 is 56.1 Å². The Hall–Kier alpha value is -1.25. The normalized spacial score (nSPS) is 10.2. The van der Waals surface area contributed by atoms with E-state index in [0.717, 1.165) is 34.0 Å². The molecule has 25 heavy (non-hydrogen) atoms. The summed E-state index contributed by atoms with van der Waals surface area (Å²) in [5.41, 5.74) is 4.77. The SMILES string of the molecule is C[N-]c1c(-c2ccc(OCCn3cccn3)cn2)cnc(C)c1C.[K+]. The maximum absolute atomic E-state index is 5.71. The number of aromatic nitrogens is 4. The molecule has 0 amide bonds. The van der Waals surface area contributed by atoms with E-state index in [4.69, 9.17) is 4.74 Å². The first-order valence-electron chi connectivity index (χ1n) is 7.81.